The number of hydrogen-bond donors (Lipinski definition) is 0. The lowest BCUT2D eigenvalue weighted by atomic mass is 9.98. The molecule has 0 amide bonds. The highest BCUT2D eigenvalue weighted by Gasteiger charge is 2.54. The van der Waals surface area contributed by atoms with Gasteiger partial charge in [-0.1, -0.05) is 0 Å². The van der Waals surface area contributed by atoms with Crippen LogP contribution in [0.5, 0.6) is 0 Å². The van der Waals surface area contributed by atoms with Gasteiger partial charge in [0.2, 0.25) is 0 Å². The minimum absolute atomic E-state index is 0.446. The number of rotatable bonds is 20. The summed E-state index contributed by atoms with van der Waals surface area (Å²) >= 11 is 0. The molecule has 2 saturated heterocycles. The summed E-state index contributed by atoms with van der Waals surface area (Å²) < 4.78 is 74.5. The summed E-state index contributed by atoms with van der Waals surface area (Å²) in [6.07, 6.45) is -15.4. The van der Waals surface area contributed by atoms with Gasteiger partial charge in [-0.3, -0.25) is 47.9 Å². The van der Waals surface area contributed by atoms with Gasteiger partial charge in [-0.25, -0.2) is 0 Å². The Hall–Kier alpha value is -5.46. The molecule has 59 heavy (non-hydrogen) atoms. The van der Waals surface area contributed by atoms with Crippen molar-refractivity contribution in [2.24, 2.45) is 0 Å². The van der Waals surface area contributed by atoms with Crippen LogP contribution in [0.4, 0.5) is 0 Å². The van der Waals surface area contributed by atoms with Crippen molar-refractivity contribution in [1.29, 1.82) is 0 Å². The lowest BCUT2D eigenvalue weighted by Crippen LogP contribution is -2.63. The van der Waals surface area contributed by atoms with E-state index < -0.39 is 167 Å². The van der Waals surface area contributed by atoms with Crippen LogP contribution >= 0.6 is 0 Å². The van der Waals surface area contributed by atoms with Crippen molar-refractivity contribution < 1.29 is 114 Å². The molecule has 2 heterocycles. The number of carbonyl (C=O) groups is 10. The molecule has 10 atom stereocenters. The first kappa shape index (κ1) is 49.7. The fourth-order valence-electron chi connectivity index (χ4n) is 5.51. The average Bonchev–Trinajstić information content (AvgIpc) is 3.10. The molecule has 2 aliphatic rings. The fraction of sp³-hybridized carbons (Fsp3) is 0.714. The average molecular weight is 853 g/mol. The van der Waals surface area contributed by atoms with Crippen LogP contribution in [0.2, 0.25) is 0 Å². The highest BCUT2D eigenvalue weighted by molar-refractivity contribution is 5.91. The van der Waals surface area contributed by atoms with Crippen molar-refractivity contribution in [1.82, 2.24) is 0 Å². The van der Waals surface area contributed by atoms with Gasteiger partial charge in [-0.05, 0) is 0 Å². The maximum absolute atomic E-state index is 12.4. The van der Waals surface area contributed by atoms with Crippen LogP contribution in [0.1, 0.15) is 61.8 Å². The van der Waals surface area contributed by atoms with E-state index in [2.05, 4.69) is 0 Å². The third-order valence-corrected chi connectivity index (χ3v) is 7.44. The molecule has 24 nitrogen and oxygen atoms in total. The molecule has 2 aliphatic heterocycles. The van der Waals surface area contributed by atoms with Crippen LogP contribution in [0, 0.1) is 0 Å². The first-order valence-corrected chi connectivity index (χ1v) is 17.8. The smallest absolute Gasteiger partial charge is 0.317 e. The molecular weight excluding hydrogens is 804 g/mol. The van der Waals surface area contributed by atoms with E-state index in [1.54, 1.807) is 0 Å². The normalized spacial score (nSPS) is 26.1. The molecule has 24 heteroatoms. The van der Waals surface area contributed by atoms with Gasteiger partial charge in [0.25, 0.3) is 0 Å². The summed E-state index contributed by atoms with van der Waals surface area (Å²) in [6, 6.07) is 0. The van der Waals surface area contributed by atoms with Gasteiger partial charge in [0.1, 0.15) is 45.1 Å². The molecule has 0 bridgehead atoms. The minimum Gasteiger partial charge on any atom is -0.463 e. The highest BCUT2D eigenvalue weighted by atomic mass is 16.8. The fourth-order valence-corrected chi connectivity index (χ4v) is 5.51. The molecule has 2 fully saturated rings. The first-order valence-electron chi connectivity index (χ1n) is 17.8. The van der Waals surface area contributed by atoms with Crippen molar-refractivity contribution in [2.45, 2.75) is 123 Å². The third kappa shape index (κ3) is 17.9. The van der Waals surface area contributed by atoms with Crippen LogP contribution in [0.25, 0.3) is 0 Å². The van der Waals surface area contributed by atoms with E-state index >= 15 is 0 Å². The van der Waals surface area contributed by atoms with Gasteiger partial charge in [0.15, 0.2) is 49.2 Å². The molecular formula is C35H48O24. The summed E-state index contributed by atoms with van der Waals surface area (Å²) in [7, 11) is 0. The van der Waals surface area contributed by atoms with Gasteiger partial charge >= 0.3 is 59.7 Å². The Morgan fingerprint density at radius 2 is 0.644 bits per heavy atom. The zero-order chi connectivity index (χ0) is 44.4. The summed E-state index contributed by atoms with van der Waals surface area (Å²) in [5.74, 6) is -8.68. The molecule has 2 rings (SSSR count). The van der Waals surface area contributed by atoms with Crippen LogP contribution in [-0.4, -0.2) is 161 Å². The summed E-state index contributed by atoms with van der Waals surface area (Å²) in [6.45, 7) is 5.61. The van der Waals surface area contributed by atoms with E-state index in [0.29, 0.717) is 0 Å². The van der Waals surface area contributed by atoms with Gasteiger partial charge in [-0.15, -0.1) is 0 Å². The van der Waals surface area contributed by atoms with E-state index in [1.165, 1.54) is 0 Å². The van der Waals surface area contributed by atoms with Crippen molar-refractivity contribution in [3.05, 3.63) is 0 Å². The second kappa shape index (κ2) is 24.5. The van der Waals surface area contributed by atoms with E-state index in [4.69, 9.17) is 66.3 Å². The van der Waals surface area contributed by atoms with Gasteiger partial charge in [0, 0.05) is 55.4 Å². The topological polar surface area (TPSA) is 300 Å². The van der Waals surface area contributed by atoms with Gasteiger partial charge in [-0.2, -0.15) is 0 Å². The number of ether oxygens (including phenoxy) is 14. The largest absolute Gasteiger partial charge is 0.463 e. The molecule has 0 radical (unpaired) electrons. The Morgan fingerprint density at radius 3 is 0.932 bits per heavy atom. The van der Waals surface area contributed by atoms with Crippen molar-refractivity contribution in [3.8, 4) is 0 Å². The molecule has 0 N–H and O–H groups in total. The molecule has 0 spiro atoms. The minimum atomic E-state index is -1.54. The maximum atomic E-state index is 12.4. The first-order chi connectivity index (χ1) is 27.7. The SMILES string of the molecule is CC(=O)OC[C@H]1O[C@H](OCCOC(=O)CC(=O)OCCO[C@H]2O[C@H](COC(C)=O)[C@@H](OC(C)=O)[C@H](OC(C)=O)[C@H]2OC(C)=O)[C@H](OC(C)=O)[C@@H](OC(C)=O)[C@@H]1OC(C)=O. The van der Waals surface area contributed by atoms with E-state index in [-0.39, 0.29) is 0 Å². The lowest BCUT2D eigenvalue weighted by Gasteiger charge is -2.44. The van der Waals surface area contributed by atoms with E-state index in [1.807, 2.05) is 0 Å². The van der Waals surface area contributed by atoms with Crippen LogP contribution in [0.3, 0.4) is 0 Å². The number of esters is 10. The Bertz CT molecular complexity index is 1420. The molecule has 0 saturated carbocycles. The molecule has 0 aromatic rings. The van der Waals surface area contributed by atoms with Crippen LogP contribution < -0.4 is 0 Å². The van der Waals surface area contributed by atoms with E-state index in [9.17, 15) is 47.9 Å². The maximum Gasteiger partial charge on any atom is 0.317 e. The zero-order valence-electron chi connectivity index (χ0n) is 33.5. The second-order valence-corrected chi connectivity index (χ2v) is 12.5. The molecule has 0 aromatic carbocycles. The number of carbonyl (C=O) groups excluding carboxylic acids is 10. The summed E-state index contributed by atoms with van der Waals surface area (Å²) in [4.78, 5) is 119. The summed E-state index contributed by atoms with van der Waals surface area (Å²) in [5, 5.41) is 0. The Labute approximate surface area is 336 Å². The third-order valence-electron chi connectivity index (χ3n) is 7.44. The Balaban J connectivity index is 2.01. The molecule has 0 aromatic heterocycles. The van der Waals surface area contributed by atoms with Gasteiger partial charge < -0.3 is 66.3 Å². The standard InChI is InChI=1S/C35H48O24/c1-16(36)50-14-24-28(52-18(3)38)30(54-20(5)40)32(56-22(7)42)34(58-24)48-11-9-46-26(44)13-27(45)47-10-12-49-35-33(57-23(8)43)31(55-21(6)41)29(53-19(4)39)25(59-35)15-51-17(2)37/h24-25,28-35H,9-15H2,1-8H3/t24-,25-,28-,29-,30+,31+,32-,33-,34+,35+/m1/s1. The lowest BCUT2D eigenvalue weighted by molar-refractivity contribution is -0.309. The monoisotopic (exact) mass is 852 g/mol. The Morgan fingerprint density at radius 1 is 0.356 bits per heavy atom. The predicted octanol–water partition coefficient (Wildman–Crippen LogP) is -1.34. The van der Waals surface area contributed by atoms with Crippen LogP contribution in [0.15, 0.2) is 0 Å². The predicted molar refractivity (Wildman–Crippen MR) is 182 cm³/mol. The zero-order valence-corrected chi connectivity index (χ0v) is 33.5. The van der Waals surface area contributed by atoms with Crippen molar-refractivity contribution in [3.63, 3.8) is 0 Å². The Kier molecular flexibility index (Phi) is 20.6. The van der Waals surface area contributed by atoms with E-state index in [0.717, 1.165) is 55.4 Å². The van der Waals surface area contributed by atoms with Gasteiger partial charge in [0.05, 0.1) is 13.2 Å². The van der Waals surface area contributed by atoms with Crippen molar-refractivity contribution in [2.75, 3.05) is 39.6 Å². The van der Waals surface area contributed by atoms with Crippen molar-refractivity contribution >= 4 is 59.7 Å². The molecule has 332 valence electrons. The summed E-state index contributed by atoms with van der Waals surface area (Å²) in [5.41, 5.74) is 0. The molecule has 0 aliphatic carbocycles. The van der Waals surface area contributed by atoms with Crippen LogP contribution in [-0.2, 0) is 114 Å². The molecule has 0 unspecified atom stereocenters. The second-order valence-electron chi connectivity index (χ2n) is 12.5. The number of hydrogen-bond acceptors (Lipinski definition) is 24. The quantitative estimate of drug-likeness (QED) is 0.0592. The highest BCUT2D eigenvalue weighted by Crippen LogP contribution is 2.31.